The van der Waals surface area contributed by atoms with Crippen molar-refractivity contribution in [3.63, 3.8) is 0 Å². The maximum Gasteiger partial charge on any atom is 0.331 e. The topological polar surface area (TPSA) is 174 Å². The third-order valence-corrected chi connectivity index (χ3v) is 14.2. The van der Waals surface area contributed by atoms with Crippen LogP contribution in [0.1, 0.15) is 79.1 Å². The highest BCUT2D eigenvalue weighted by atomic mass is 32.2. The van der Waals surface area contributed by atoms with Gasteiger partial charge in [0.1, 0.15) is 18.4 Å². The second kappa shape index (κ2) is 12.4. The Morgan fingerprint density at radius 3 is 2.57 bits per heavy atom. The molecule has 7 heterocycles. The second-order valence-corrected chi connectivity index (χ2v) is 16.3. The number of hydrogen-bond acceptors (Lipinski definition) is 14. The van der Waals surface area contributed by atoms with E-state index in [2.05, 4.69) is 21.2 Å². The van der Waals surface area contributed by atoms with E-state index in [0.717, 1.165) is 33.4 Å². The Bertz CT molecular complexity index is 2200. The Morgan fingerprint density at radius 1 is 1.07 bits per heavy atom. The molecule has 0 amide bonds. The van der Waals surface area contributed by atoms with Gasteiger partial charge in [-0.3, -0.25) is 19.9 Å². The number of nitriles is 1. The standard InChI is InChI=1S/C40H42N4O9S/c1-17-21-7-9-52-36(21)31-25-15-53-39(49)40(22-13-28(50-4)26(46)11-19(22)6-8-42-40)16-54-38(32(31)29(17)18(2)45)34-33-30-20(12-27(47)37(51-5)35(30)48)10-23(43(33)3)24(14-41)44(25)34/h11-13,23-25,33-34,38,42,46-48H,6-10,15-16H2,1-5H3/t23-,24-,25?,33+,34?,38+,40+/m0/s1. The molecule has 0 saturated carbocycles. The number of hydrogen-bond donors (Lipinski definition) is 4. The molecule has 54 heavy (non-hydrogen) atoms. The SMILES string of the molecule is COc1cc2c(cc1O)CCN[C@]21CS[C@@H]2c3c(C(C)=O)c(C)c4c(c3C(COC1=O)N1C2[C@H]2c3c(cc(O)c(OC)c3O)C[C@@H]([C@@H]1C#N)N2C)OCC4. The van der Waals surface area contributed by atoms with Crippen LogP contribution in [-0.2, 0) is 34.3 Å². The highest BCUT2D eigenvalue weighted by Crippen LogP contribution is 2.63. The number of fused-ring (bicyclic) bond motifs is 9. The molecule has 0 radical (unpaired) electrons. The van der Waals surface area contributed by atoms with Crippen LogP contribution in [0.15, 0.2) is 18.2 Å². The maximum absolute atomic E-state index is 14.7. The number of esters is 1. The van der Waals surface area contributed by atoms with E-state index in [9.17, 15) is 30.2 Å². The lowest BCUT2D eigenvalue weighted by atomic mass is 9.70. The summed E-state index contributed by atoms with van der Waals surface area (Å²) in [5.41, 5.74) is 5.37. The number of carbonyl (C=O) groups is 2. The number of benzene rings is 3. The molecule has 13 nitrogen and oxygen atoms in total. The van der Waals surface area contributed by atoms with Gasteiger partial charge < -0.3 is 34.3 Å². The number of nitrogens with one attached hydrogen (secondary N) is 1. The van der Waals surface area contributed by atoms with Gasteiger partial charge in [-0.25, -0.2) is 4.79 Å². The summed E-state index contributed by atoms with van der Waals surface area (Å²) in [6.07, 6.45) is 1.56. The highest BCUT2D eigenvalue weighted by molar-refractivity contribution is 7.99. The van der Waals surface area contributed by atoms with Crippen molar-refractivity contribution in [2.24, 2.45) is 0 Å². The fraction of sp³-hybridized carbons (Fsp3) is 0.475. The van der Waals surface area contributed by atoms with Crippen molar-refractivity contribution >= 4 is 23.5 Å². The predicted molar refractivity (Wildman–Crippen MR) is 197 cm³/mol. The van der Waals surface area contributed by atoms with Crippen LogP contribution in [0.2, 0.25) is 0 Å². The first-order valence-electron chi connectivity index (χ1n) is 18.2. The van der Waals surface area contributed by atoms with Crippen LogP contribution >= 0.6 is 11.8 Å². The monoisotopic (exact) mass is 754 g/mol. The molecule has 10 rings (SSSR count). The van der Waals surface area contributed by atoms with Gasteiger partial charge in [0.2, 0.25) is 5.75 Å². The van der Waals surface area contributed by atoms with E-state index in [-0.39, 0.29) is 52.9 Å². The fourth-order valence-corrected chi connectivity index (χ4v) is 12.2. The summed E-state index contributed by atoms with van der Waals surface area (Å²) < 4.78 is 23.9. The van der Waals surface area contributed by atoms with Crippen molar-refractivity contribution in [2.45, 2.75) is 74.1 Å². The Kier molecular flexibility index (Phi) is 8.06. The number of phenolic OH excluding ortho intramolecular Hbond substituents is 3. The smallest absolute Gasteiger partial charge is 0.331 e. The third-order valence-electron chi connectivity index (χ3n) is 12.8. The average Bonchev–Trinajstić information content (AvgIpc) is 3.64. The number of rotatable bonds is 3. The van der Waals surface area contributed by atoms with Gasteiger partial charge in [-0.1, -0.05) is 0 Å². The summed E-state index contributed by atoms with van der Waals surface area (Å²) in [4.78, 5) is 33.0. The molecule has 7 aliphatic heterocycles. The summed E-state index contributed by atoms with van der Waals surface area (Å²) in [5, 5.41) is 47.6. The Hall–Kier alpha value is -4.68. The summed E-state index contributed by atoms with van der Waals surface area (Å²) in [5.74, 6) is 0.0770. The van der Waals surface area contributed by atoms with E-state index in [1.54, 1.807) is 25.1 Å². The fourth-order valence-electron chi connectivity index (χ4n) is 10.5. The minimum Gasteiger partial charge on any atom is -0.504 e. The molecule has 3 aromatic rings. The lowest BCUT2D eigenvalue weighted by Gasteiger charge is -2.62. The van der Waals surface area contributed by atoms with E-state index >= 15 is 0 Å². The first kappa shape index (κ1) is 35.0. The number of ketones is 1. The van der Waals surface area contributed by atoms with E-state index < -0.39 is 40.9 Å². The van der Waals surface area contributed by atoms with E-state index in [1.165, 1.54) is 26.0 Å². The van der Waals surface area contributed by atoms with Gasteiger partial charge in [0.15, 0.2) is 34.3 Å². The molecule has 0 aliphatic carbocycles. The first-order valence-corrected chi connectivity index (χ1v) is 19.3. The zero-order chi connectivity index (χ0) is 38.0. The number of methoxy groups -OCH3 is 2. The van der Waals surface area contributed by atoms with Crippen LogP contribution in [-0.4, -0.2) is 102 Å². The number of aromatic hydroxyl groups is 3. The number of piperazine rings is 1. The maximum atomic E-state index is 14.7. The van der Waals surface area contributed by atoms with Gasteiger partial charge in [-0.15, -0.1) is 11.8 Å². The minimum atomic E-state index is -1.35. The summed E-state index contributed by atoms with van der Waals surface area (Å²) in [6.45, 7) is 4.30. The molecule has 7 atom stereocenters. The van der Waals surface area contributed by atoms with Crippen LogP contribution in [0.3, 0.4) is 0 Å². The number of ether oxygens (including phenoxy) is 4. The van der Waals surface area contributed by atoms with Crippen molar-refractivity contribution < 1.29 is 43.9 Å². The second-order valence-electron chi connectivity index (χ2n) is 15.1. The quantitative estimate of drug-likeness (QED) is 0.224. The van der Waals surface area contributed by atoms with Crippen molar-refractivity contribution in [1.29, 1.82) is 5.26 Å². The summed E-state index contributed by atoms with van der Waals surface area (Å²) in [7, 11) is 4.82. The lowest BCUT2D eigenvalue weighted by molar-refractivity contribution is -0.157. The zero-order valence-corrected chi connectivity index (χ0v) is 31.5. The summed E-state index contributed by atoms with van der Waals surface area (Å²) >= 11 is 1.50. The molecule has 3 aromatic carbocycles. The van der Waals surface area contributed by atoms with Crippen molar-refractivity contribution in [3.05, 3.63) is 68.3 Å². The molecule has 14 heteroatoms. The molecule has 2 fully saturated rings. The number of nitrogens with zero attached hydrogens (tertiary/aromatic N) is 3. The molecular weight excluding hydrogens is 713 g/mol. The molecule has 0 aromatic heterocycles. The van der Waals surface area contributed by atoms with Gasteiger partial charge >= 0.3 is 5.97 Å². The number of likely N-dealkylation sites (N-methyl/N-ethyl adjacent to an activating group) is 1. The van der Waals surface area contributed by atoms with Crippen molar-refractivity contribution in [2.75, 3.05) is 46.8 Å². The summed E-state index contributed by atoms with van der Waals surface area (Å²) in [6, 6.07) is 4.77. The van der Waals surface area contributed by atoms with Crippen LogP contribution < -0.4 is 19.5 Å². The van der Waals surface area contributed by atoms with Crippen LogP contribution in [0.25, 0.3) is 0 Å². The van der Waals surface area contributed by atoms with E-state index in [0.29, 0.717) is 54.9 Å². The Morgan fingerprint density at radius 2 is 1.85 bits per heavy atom. The number of phenols is 3. The van der Waals surface area contributed by atoms with Crippen molar-refractivity contribution in [1.82, 2.24) is 15.1 Å². The Labute approximate surface area is 316 Å². The third kappa shape index (κ3) is 4.55. The minimum absolute atomic E-state index is 0.0205. The number of thioether (sulfide) groups is 1. The highest BCUT2D eigenvalue weighted by Gasteiger charge is 2.61. The number of carbonyl (C=O) groups excluding carboxylic acids is 2. The normalized spacial score (nSPS) is 29.4. The molecule has 4 bridgehead atoms. The molecule has 1 spiro atoms. The number of Topliss-reactive ketones (excluding diaryl/α,β-unsaturated/α-hetero) is 1. The molecule has 282 valence electrons. The van der Waals surface area contributed by atoms with Crippen LogP contribution in [0, 0.1) is 18.3 Å². The average molecular weight is 755 g/mol. The van der Waals surface area contributed by atoms with Crippen molar-refractivity contribution in [3.8, 4) is 40.6 Å². The first-order chi connectivity index (χ1) is 26.0. The zero-order valence-electron chi connectivity index (χ0n) is 30.7. The van der Waals surface area contributed by atoms with Gasteiger partial charge in [0.25, 0.3) is 0 Å². The van der Waals surface area contributed by atoms with Crippen LogP contribution in [0.4, 0.5) is 0 Å². The van der Waals surface area contributed by atoms with Gasteiger partial charge in [0.05, 0.1) is 39.0 Å². The molecular formula is C40H42N4O9S. The van der Waals surface area contributed by atoms with E-state index in [1.807, 2.05) is 14.0 Å². The Balaban J connectivity index is 1.34. The molecule has 4 N–H and O–H groups in total. The predicted octanol–water partition coefficient (Wildman–Crippen LogP) is 3.87. The van der Waals surface area contributed by atoms with Gasteiger partial charge in [0, 0.05) is 58.3 Å². The largest absolute Gasteiger partial charge is 0.504 e. The lowest BCUT2D eigenvalue weighted by Crippen LogP contribution is -2.69. The van der Waals surface area contributed by atoms with E-state index in [4.69, 9.17) is 18.9 Å². The van der Waals surface area contributed by atoms with Crippen LogP contribution in [0.5, 0.6) is 34.5 Å². The molecule has 7 aliphatic rings. The van der Waals surface area contributed by atoms with Gasteiger partial charge in [-0.2, -0.15) is 5.26 Å². The van der Waals surface area contributed by atoms with Gasteiger partial charge in [-0.05, 0) is 79.8 Å². The molecule has 2 saturated heterocycles. The molecule has 2 unspecified atom stereocenters.